The molecule has 3 rings (SSSR count). The molecule has 0 aromatic carbocycles. The van der Waals surface area contributed by atoms with Gasteiger partial charge in [0.1, 0.15) is 5.01 Å². The third kappa shape index (κ3) is 3.84. The number of hydrogen-bond acceptors (Lipinski definition) is 5. The minimum absolute atomic E-state index is 0.137. The highest BCUT2D eigenvalue weighted by atomic mass is 32.2. The van der Waals surface area contributed by atoms with Gasteiger partial charge >= 0.3 is 0 Å². The minimum atomic E-state index is -0.208. The van der Waals surface area contributed by atoms with Crippen LogP contribution in [0.1, 0.15) is 49.2 Å². The number of aromatic nitrogens is 1. The largest absolute Gasteiger partial charge is 0.377 e. The van der Waals surface area contributed by atoms with Crippen LogP contribution in [-0.2, 0) is 15.1 Å². The van der Waals surface area contributed by atoms with Crippen LogP contribution in [-0.4, -0.2) is 35.1 Å². The molecular weight excluding hydrogens is 316 g/mol. The van der Waals surface area contributed by atoms with E-state index in [-0.39, 0.29) is 11.4 Å². The molecule has 2 fully saturated rings. The maximum atomic E-state index is 12.4. The molecule has 1 saturated heterocycles. The van der Waals surface area contributed by atoms with Crippen LogP contribution in [0.3, 0.4) is 0 Å². The van der Waals surface area contributed by atoms with E-state index >= 15 is 0 Å². The summed E-state index contributed by atoms with van der Waals surface area (Å²) in [7, 11) is 0. The highest BCUT2D eigenvalue weighted by molar-refractivity contribution is 7.99. The fraction of sp³-hybridized carbons (Fsp3) is 0.750. The second-order valence-electron chi connectivity index (χ2n) is 6.28. The van der Waals surface area contributed by atoms with Crippen LogP contribution >= 0.6 is 23.1 Å². The van der Waals surface area contributed by atoms with Gasteiger partial charge in [-0.3, -0.25) is 4.79 Å². The Bertz CT molecular complexity index is 506. The normalized spacial score (nSPS) is 23.8. The molecular formula is C16H24N2O2S2. The van der Waals surface area contributed by atoms with Gasteiger partial charge in [-0.25, -0.2) is 4.98 Å². The number of aryl methyl sites for hydroxylation is 1. The van der Waals surface area contributed by atoms with E-state index in [1.807, 2.05) is 6.92 Å². The summed E-state index contributed by atoms with van der Waals surface area (Å²) in [5.41, 5.74) is 0.841. The number of hydrogen-bond donors (Lipinski definition) is 1. The molecule has 4 nitrogen and oxygen atoms in total. The summed E-state index contributed by atoms with van der Waals surface area (Å²) in [6, 6.07) is 0. The van der Waals surface area contributed by atoms with Crippen molar-refractivity contribution in [2.45, 2.75) is 57.1 Å². The first-order chi connectivity index (χ1) is 10.7. The molecule has 2 heterocycles. The zero-order valence-electron chi connectivity index (χ0n) is 13.1. The molecule has 1 amide bonds. The molecule has 1 saturated carbocycles. The number of nitrogens with one attached hydrogen (secondary N) is 1. The molecule has 0 radical (unpaired) electrons. The topological polar surface area (TPSA) is 51.2 Å². The van der Waals surface area contributed by atoms with E-state index in [9.17, 15) is 4.79 Å². The highest BCUT2D eigenvalue weighted by Gasteiger charge is 2.39. The van der Waals surface area contributed by atoms with Gasteiger partial charge in [0.15, 0.2) is 0 Å². The molecule has 22 heavy (non-hydrogen) atoms. The van der Waals surface area contributed by atoms with Gasteiger partial charge in [0.2, 0.25) is 5.91 Å². The zero-order chi connectivity index (χ0) is 15.4. The lowest BCUT2D eigenvalue weighted by Crippen LogP contribution is -2.44. The Morgan fingerprint density at radius 1 is 1.50 bits per heavy atom. The van der Waals surface area contributed by atoms with Crippen LogP contribution in [0.25, 0.3) is 0 Å². The second kappa shape index (κ2) is 7.32. The van der Waals surface area contributed by atoms with Crippen molar-refractivity contribution >= 4 is 29.0 Å². The van der Waals surface area contributed by atoms with E-state index in [2.05, 4.69) is 15.7 Å². The van der Waals surface area contributed by atoms with Crippen molar-refractivity contribution in [2.75, 3.05) is 18.1 Å². The molecule has 1 aromatic heterocycles. The van der Waals surface area contributed by atoms with E-state index in [0.29, 0.717) is 11.9 Å². The van der Waals surface area contributed by atoms with Gasteiger partial charge in [-0.15, -0.1) is 23.1 Å². The maximum Gasteiger partial charge on any atom is 0.230 e. The van der Waals surface area contributed by atoms with E-state index in [1.54, 1.807) is 23.1 Å². The Balaban J connectivity index is 1.53. The molecule has 1 aliphatic carbocycles. The second-order valence-corrected chi connectivity index (χ2v) is 8.17. The van der Waals surface area contributed by atoms with E-state index in [1.165, 1.54) is 12.8 Å². The lowest BCUT2D eigenvalue weighted by Gasteiger charge is -2.28. The van der Waals surface area contributed by atoms with Crippen molar-refractivity contribution in [3.63, 3.8) is 0 Å². The van der Waals surface area contributed by atoms with Gasteiger partial charge in [-0.05, 0) is 32.6 Å². The molecule has 0 bridgehead atoms. The molecule has 0 unspecified atom stereocenters. The Morgan fingerprint density at radius 3 is 2.95 bits per heavy atom. The van der Waals surface area contributed by atoms with Crippen LogP contribution in [0.2, 0.25) is 0 Å². The fourth-order valence-electron chi connectivity index (χ4n) is 3.31. The van der Waals surface area contributed by atoms with Gasteiger partial charge in [-0.1, -0.05) is 12.8 Å². The minimum Gasteiger partial charge on any atom is -0.377 e. The van der Waals surface area contributed by atoms with Crippen LogP contribution in [0.4, 0.5) is 0 Å². The number of ether oxygens (including phenoxy) is 1. The standard InChI is InChI=1S/C16H24N2O2S2/c1-12-9-22-15(17-12)16(6-2-3-7-16)18-14(19)11-21-10-13-5-4-8-20-13/h9,13H,2-8,10-11H2,1H3,(H,18,19)/t13-/m0/s1. The smallest absolute Gasteiger partial charge is 0.230 e. The van der Waals surface area contributed by atoms with Crippen LogP contribution in [0.5, 0.6) is 0 Å². The molecule has 1 atom stereocenters. The number of amides is 1. The monoisotopic (exact) mass is 340 g/mol. The summed E-state index contributed by atoms with van der Waals surface area (Å²) in [5.74, 6) is 1.58. The number of thiazole rings is 1. The lowest BCUT2D eigenvalue weighted by atomic mass is 9.98. The van der Waals surface area contributed by atoms with Crippen LogP contribution in [0.15, 0.2) is 5.38 Å². The Morgan fingerprint density at radius 2 is 2.32 bits per heavy atom. The number of nitrogens with zero attached hydrogens (tertiary/aromatic N) is 1. The highest BCUT2D eigenvalue weighted by Crippen LogP contribution is 2.40. The van der Waals surface area contributed by atoms with E-state index < -0.39 is 0 Å². The van der Waals surface area contributed by atoms with Crippen molar-refractivity contribution in [3.8, 4) is 0 Å². The molecule has 2 aliphatic rings. The summed E-state index contributed by atoms with van der Waals surface area (Å²) in [5, 5.41) is 6.46. The van der Waals surface area contributed by atoms with Gasteiger partial charge in [0.25, 0.3) is 0 Å². The molecule has 1 aromatic rings. The van der Waals surface area contributed by atoms with E-state index in [0.717, 1.165) is 48.7 Å². The average Bonchev–Trinajstić information content (AvgIpc) is 3.20. The summed E-state index contributed by atoms with van der Waals surface area (Å²) < 4.78 is 5.60. The quantitative estimate of drug-likeness (QED) is 0.864. The lowest BCUT2D eigenvalue weighted by molar-refractivity contribution is -0.120. The first-order valence-corrected chi connectivity index (χ1v) is 10.1. The van der Waals surface area contributed by atoms with Crippen molar-refractivity contribution in [1.29, 1.82) is 0 Å². The van der Waals surface area contributed by atoms with Crippen molar-refractivity contribution < 1.29 is 9.53 Å². The van der Waals surface area contributed by atoms with Crippen LogP contribution < -0.4 is 5.32 Å². The number of thioether (sulfide) groups is 1. The molecule has 0 spiro atoms. The van der Waals surface area contributed by atoms with Crippen molar-refractivity contribution in [1.82, 2.24) is 10.3 Å². The Labute approximate surface area is 140 Å². The molecule has 1 N–H and O–H groups in total. The predicted molar refractivity (Wildman–Crippen MR) is 91.4 cm³/mol. The average molecular weight is 341 g/mol. The first kappa shape index (κ1) is 16.3. The maximum absolute atomic E-state index is 12.4. The predicted octanol–water partition coefficient (Wildman–Crippen LogP) is 3.25. The van der Waals surface area contributed by atoms with Gasteiger partial charge in [0, 0.05) is 23.4 Å². The third-order valence-corrected chi connectivity index (χ3v) is 6.66. The number of carbonyl (C=O) groups excluding carboxylic acids is 1. The summed E-state index contributed by atoms with van der Waals surface area (Å²) in [4.78, 5) is 17.0. The summed E-state index contributed by atoms with van der Waals surface area (Å²) >= 11 is 3.37. The van der Waals surface area contributed by atoms with E-state index in [4.69, 9.17) is 4.74 Å². The van der Waals surface area contributed by atoms with Crippen LogP contribution in [0, 0.1) is 6.92 Å². The zero-order valence-corrected chi connectivity index (χ0v) is 14.7. The number of carbonyl (C=O) groups is 1. The van der Waals surface area contributed by atoms with Gasteiger partial charge in [-0.2, -0.15) is 0 Å². The molecule has 122 valence electrons. The van der Waals surface area contributed by atoms with Crippen molar-refractivity contribution in [3.05, 3.63) is 16.1 Å². The Hall–Kier alpha value is -0.590. The fourth-order valence-corrected chi connectivity index (χ4v) is 5.22. The Kier molecular flexibility index (Phi) is 5.42. The summed E-state index contributed by atoms with van der Waals surface area (Å²) in [6.45, 7) is 2.89. The van der Waals surface area contributed by atoms with Crippen molar-refractivity contribution in [2.24, 2.45) is 0 Å². The third-order valence-electron chi connectivity index (χ3n) is 4.43. The van der Waals surface area contributed by atoms with Gasteiger partial charge in [0.05, 0.1) is 17.4 Å². The SMILES string of the molecule is Cc1csc(C2(NC(=O)CSC[C@@H]3CCCO3)CCCC2)n1. The first-order valence-electron chi connectivity index (χ1n) is 8.11. The van der Waals surface area contributed by atoms with Gasteiger partial charge < -0.3 is 10.1 Å². The molecule has 6 heteroatoms. The molecule has 1 aliphatic heterocycles. The number of rotatable bonds is 6. The summed E-state index contributed by atoms with van der Waals surface area (Å²) in [6.07, 6.45) is 7.01.